The number of hydrogen-bond donors (Lipinski definition) is 0. The van der Waals surface area contributed by atoms with Crippen LogP contribution in [0.3, 0.4) is 0 Å². The zero-order chi connectivity index (χ0) is 18.8. The van der Waals surface area contributed by atoms with Crippen LogP contribution in [0, 0.1) is 0 Å². The van der Waals surface area contributed by atoms with E-state index in [1.54, 1.807) is 12.4 Å². The minimum absolute atomic E-state index is 0.147. The summed E-state index contributed by atoms with van der Waals surface area (Å²) in [6.45, 7) is 3.01. The Morgan fingerprint density at radius 2 is 1.89 bits per heavy atom. The van der Waals surface area contributed by atoms with Crippen molar-refractivity contribution in [2.24, 2.45) is 0 Å². The summed E-state index contributed by atoms with van der Waals surface area (Å²) < 4.78 is 0. The maximum absolute atomic E-state index is 12.9. The molecule has 0 aromatic carbocycles. The number of amides is 2. The molecule has 142 valence electrons. The van der Waals surface area contributed by atoms with Crippen LogP contribution in [0.1, 0.15) is 30.5 Å². The van der Waals surface area contributed by atoms with Crippen LogP contribution in [-0.4, -0.2) is 64.5 Å². The van der Waals surface area contributed by atoms with Gasteiger partial charge >= 0.3 is 6.03 Å². The highest BCUT2D eigenvalue weighted by Gasteiger charge is 2.29. The number of rotatable bonds is 2. The van der Waals surface area contributed by atoms with E-state index in [4.69, 9.17) is 9.97 Å². The van der Waals surface area contributed by atoms with Gasteiger partial charge in [-0.15, -0.1) is 0 Å². The molecule has 27 heavy (non-hydrogen) atoms. The fourth-order valence-corrected chi connectivity index (χ4v) is 3.85. The maximum Gasteiger partial charge on any atom is 0.320 e. The molecule has 4 heterocycles. The van der Waals surface area contributed by atoms with E-state index in [9.17, 15) is 4.79 Å². The van der Waals surface area contributed by atoms with Crippen molar-refractivity contribution in [3.8, 4) is 11.4 Å². The summed E-state index contributed by atoms with van der Waals surface area (Å²) in [5.41, 5.74) is 2.99. The van der Waals surface area contributed by atoms with Gasteiger partial charge < -0.3 is 14.7 Å². The minimum Gasteiger partial charge on any atom is -0.362 e. The lowest BCUT2D eigenvalue weighted by Crippen LogP contribution is -2.47. The summed E-state index contributed by atoms with van der Waals surface area (Å²) >= 11 is 0. The zero-order valence-electron chi connectivity index (χ0n) is 16.1. The molecule has 2 aliphatic rings. The number of likely N-dealkylation sites (tertiary alicyclic amines) is 1. The number of carbonyl (C=O) groups is 1. The zero-order valence-corrected chi connectivity index (χ0v) is 16.1. The molecule has 0 atom stereocenters. The number of hydrogen-bond acceptors (Lipinski definition) is 5. The number of carbonyl (C=O) groups excluding carboxylic acids is 1. The van der Waals surface area contributed by atoms with E-state index < -0.39 is 0 Å². The smallest absolute Gasteiger partial charge is 0.320 e. The summed E-state index contributed by atoms with van der Waals surface area (Å²) in [6, 6.07) is 4.00. The first-order valence-corrected chi connectivity index (χ1v) is 9.65. The van der Waals surface area contributed by atoms with E-state index >= 15 is 0 Å². The molecule has 7 nitrogen and oxygen atoms in total. The maximum atomic E-state index is 12.9. The average Bonchev–Trinajstić information content (AvgIpc) is 2.73. The highest BCUT2D eigenvalue weighted by atomic mass is 16.2. The molecule has 0 N–H and O–H groups in total. The number of fused-ring (bicyclic) bond motifs is 1. The Balaban J connectivity index is 1.65. The van der Waals surface area contributed by atoms with Crippen LogP contribution in [0.5, 0.6) is 0 Å². The van der Waals surface area contributed by atoms with Gasteiger partial charge in [0.05, 0.1) is 12.2 Å². The van der Waals surface area contributed by atoms with Gasteiger partial charge in [-0.2, -0.15) is 0 Å². The number of piperidine rings is 1. The Labute approximate surface area is 160 Å². The largest absolute Gasteiger partial charge is 0.362 e. The lowest BCUT2D eigenvalue weighted by atomic mass is 10.0. The number of pyridine rings is 1. The van der Waals surface area contributed by atoms with Gasteiger partial charge in [-0.05, 0) is 37.8 Å². The molecule has 1 saturated heterocycles. The molecule has 2 aromatic rings. The summed E-state index contributed by atoms with van der Waals surface area (Å²) in [5.74, 6) is 1.60. The number of aromatic nitrogens is 3. The van der Waals surface area contributed by atoms with Crippen molar-refractivity contribution in [2.45, 2.75) is 32.2 Å². The van der Waals surface area contributed by atoms with Crippen LogP contribution in [-0.2, 0) is 13.0 Å². The van der Waals surface area contributed by atoms with Crippen molar-refractivity contribution in [3.63, 3.8) is 0 Å². The Morgan fingerprint density at radius 3 is 2.59 bits per heavy atom. The van der Waals surface area contributed by atoms with E-state index in [0.29, 0.717) is 12.4 Å². The van der Waals surface area contributed by atoms with Crippen LogP contribution in [0.25, 0.3) is 11.4 Å². The van der Waals surface area contributed by atoms with Crippen LogP contribution in [0.15, 0.2) is 24.5 Å². The Morgan fingerprint density at radius 1 is 1.07 bits per heavy atom. The second-order valence-corrected chi connectivity index (χ2v) is 7.43. The van der Waals surface area contributed by atoms with Gasteiger partial charge in [0.15, 0.2) is 5.82 Å². The Kier molecular flexibility index (Phi) is 4.92. The van der Waals surface area contributed by atoms with Crippen LogP contribution < -0.4 is 4.90 Å². The lowest BCUT2D eigenvalue weighted by molar-refractivity contribution is 0.138. The van der Waals surface area contributed by atoms with Crippen molar-refractivity contribution in [1.29, 1.82) is 0 Å². The SMILES string of the molecule is CN(C)c1nc(-c2cccnc2)nc2c1CCN(C(=O)N1CCCCC1)C2. The third kappa shape index (κ3) is 3.59. The summed E-state index contributed by atoms with van der Waals surface area (Å²) in [7, 11) is 4.00. The Hall–Kier alpha value is -2.70. The normalized spacial score (nSPS) is 16.8. The van der Waals surface area contributed by atoms with E-state index in [1.807, 2.05) is 40.9 Å². The van der Waals surface area contributed by atoms with E-state index in [2.05, 4.69) is 4.98 Å². The molecule has 1 fully saturated rings. The van der Waals surface area contributed by atoms with Gasteiger partial charge in [0.2, 0.25) is 0 Å². The van der Waals surface area contributed by atoms with Crippen LogP contribution in [0.2, 0.25) is 0 Å². The summed E-state index contributed by atoms with van der Waals surface area (Å²) in [4.78, 5) is 32.7. The third-order valence-electron chi connectivity index (χ3n) is 5.28. The number of urea groups is 1. The van der Waals surface area contributed by atoms with Crippen molar-refractivity contribution in [2.75, 3.05) is 38.6 Å². The summed E-state index contributed by atoms with van der Waals surface area (Å²) in [6.07, 6.45) is 7.74. The molecule has 0 radical (unpaired) electrons. The number of nitrogens with zero attached hydrogens (tertiary/aromatic N) is 6. The topological polar surface area (TPSA) is 65.5 Å². The van der Waals surface area contributed by atoms with Crippen molar-refractivity contribution in [3.05, 3.63) is 35.8 Å². The molecule has 0 spiro atoms. The molecule has 2 aromatic heterocycles. The average molecular weight is 366 g/mol. The van der Waals surface area contributed by atoms with E-state index in [-0.39, 0.29) is 6.03 Å². The first kappa shape index (κ1) is 17.7. The molecule has 2 amide bonds. The molecule has 0 saturated carbocycles. The molecule has 2 aliphatic heterocycles. The van der Waals surface area contributed by atoms with E-state index in [0.717, 1.165) is 61.5 Å². The highest BCUT2D eigenvalue weighted by molar-refractivity contribution is 5.75. The summed E-state index contributed by atoms with van der Waals surface area (Å²) in [5, 5.41) is 0. The first-order chi connectivity index (χ1) is 13.1. The quantitative estimate of drug-likeness (QED) is 0.817. The third-order valence-corrected chi connectivity index (χ3v) is 5.28. The van der Waals surface area contributed by atoms with Gasteiger partial charge in [0, 0.05) is 57.3 Å². The fourth-order valence-electron chi connectivity index (χ4n) is 3.85. The first-order valence-electron chi connectivity index (χ1n) is 9.65. The Bertz CT molecular complexity index is 817. The van der Waals surface area contributed by atoms with Gasteiger partial charge in [-0.1, -0.05) is 0 Å². The minimum atomic E-state index is 0.147. The van der Waals surface area contributed by atoms with E-state index in [1.165, 1.54) is 6.42 Å². The second-order valence-electron chi connectivity index (χ2n) is 7.43. The van der Waals surface area contributed by atoms with Gasteiger partial charge in [0.25, 0.3) is 0 Å². The molecule has 0 bridgehead atoms. The fraction of sp³-hybridized carbons (Fsp3) is 0.500. The predicted molar refractivity (Wildman–Crippen MR) is 105 cm³/mol. The second kappa shape index (κ2) is 7.50. The monoisotopic (exact) mass is 366 g/mol. The van der Waals surface area contributed by atoms with Gasteiger partial charge in [-0.25, -0.2) is 14.8 Å². The van der Waals surface area contributed by atoms with Gasteiger partial charge in [-0.3, -0.25) is 4.98 Å². The van der Waals surface area contributed by atoms with Crippen molar-refractivity contribution < 1.29 is 4.79 Å². The van der Waals surface area contributed by atoms with Crippen molar-refractivity contribution >= 4 is 11.8 Å². The molecule has 7 heteroatoms. The molecule has 4 rings (SSSR count). The van der Waals surface area contributed by atoms with Crippen LogP contribution >= 0.6 is 0 Å². The molecule has 0 aliphatic carbocycles. The predicted octanol–water partition coefficient (Wildman–Crippen LogP) is 2.57. The standard InChI is InChI=1S/C20H26N6O/c1-24(2)19-16-8-12-26(20(27)25-10-4-3-5-11-25)14-17(16)22-18(23-19)15-7-6-9-21-13-15/h6-7,9,13H,3-5,8,10-12,14H2,1-2H3. The molecular weight excluding hydrogens is 340 g/mol. The molecular formula is C20H26N6O. The lowest BCUT2D eigenvalue weighted by Gasteiger charge is -2.36. The highest BCUT2D eigenvalue weighted by Crippen LogP contribution is 2.29. The van der Waals surface area contributed by atoms with Crippen molar-refractivity contribution in [1.82, 2.24) is 24.8 Å². The van der Waals surface area contributed by atoms with Crippen LogP contribution in [0.4, 0.5) is 10.6 Å². The van der Waals surface area contributed by atoms with Gasteiger partial charge in [0.1, 0.15) is 5.82 Å². The number of anilines is 1. The molecule has 0 unspecified atom stereocenters.